The van der Waals surface area contributed by atoms with Crippen LogP contribution >= 0.6 is 11.8 Å². The van der Waals surface area contributed by atoms with Crippen LogP contribution in [0.1, 0.15) is 38.5 Å². The highest BCUT2D eigenvalue weighted by Gasteiger charge is 2.11. The Morgan fingerprint density at radius 2 is 2.29 bits per heavy atom. The monoisotopic (exact) mass is 213 g/mol. The minimum Gasteiger partial charge on any atom is -0.330 e. The zero-order valence-corrected chi connectivity index (χ0v) is 9.92. The molecule has 1 unspecified atom stereocenters. The molecule has 4 heteroatoms. The predicted octanol–water partition coefficient (Wildman–Crippen LogP) is 2.22. The summed E-state index contributed by atoms with van der Waals surface area (Å²) in [5.74, 6) is 2.28. The summed E-state index contributed by atoms with van der Waals surface area (Å²) in [4.78, 5) is 4.15. The molecule has 2 atom stereocenters. The lowest BCUT2D eigenvalue weighted by molar-refractivity contribution is 0.560. The van der Waals surface area contributed by atoms with Crippen LogP contribution in [0, 0.1) is 0 Å². The van der Waals surface area contributed by atoms with Crippen molar-refractivity contribution in [3.63, 3.8) is 0 Å². The number of imidazole rings is 1. The third-order valence-corrected chi connectivity index (χ3v) is 3.33. The van der Waals surface area contributed by atoms with Crippen LogP contribution in [0.3, 0.4) is 0 Å². The first-order chi connectivity index (χ1) is 6.66. The van der Waals surface area contributed by atoms with E-state index in [-0.39, 0.29) is 6.04 Å². The lowest BCUT2D eigenvalue weighted by Gasteiger charge is -2.17. The highest BCUT2D eigenvalue weighted by Crippen LogP contribution is 2.18. The number of hydrogen-bond donors (Lipinski definition) is 1. The molecule has 0 radical (unpaired) electrons. The van der Waals surface area contributed by atoms with E-state index in [2.05, 4.69) is 23.4 Å². The largest absolute Gasteiger partial charge is 0.330 e. The number of aromatic nitrogens is 2. The summed E-state index contributed by atoms with van der Waals surface area (Å²) in [5.41, 5.74) is 6.98. The summed E-state index contributed by atoms with van der Waals surface area (Å²) in [7, 11) is 0. The van der Waals surface area contributed by atoms with E-state index in [1.165, 1.54) is 0 Å². The highest BCUT2D eigenvalue weighted by atomic mass is 32.2. The first kappa shape index (κ1) is 11.6. The van der Waals surface area contributed by atoms with Crippen LogP contribution in [-0.4, -0.2) is 21.1 Å². The van der Waals surface area contributed by atoms with E-state index in [0.717, 1.165) is 17.2 Å². The van der Waals surface area contributed by atoms with Gasteiger partial charge in [-0.25, -0.2) is 4.98 Å². The summed E-state index contributed by atoms with van der Waals surface area (Å²) in [5, 5.41) is 0. The average Bonchev–Trinajstić information content (AvgIpc) is 2.62. The normalized spacial score (nSPS) is 15.4. The third kappa shape index (κ3) is 2.75. The average molecular weight is 213 g/mol. The maximum Gasteiger partial charge on any atom is 0.0951 e. The summed E-state index contributed by atoms with van der Waals surface area (Å²) in [6.07, 6.45) is 3.73. The Labute approximate surface area is 90.1 Å². The van der Waals surface area contributed by atoms with Crippen molar-refractivity contribution in [2.45, 2.75) is 32.9 Å². The molecule has 0 saturated heterocycles. The molecule has 0 spiro atoms. The fourth-order valence-electron chi connectivity index (χ4n) is 1.40. The molecule has 2 N–H and O–H groups in total. The van der Waals surface area contributed by atoms with Crippen molar-refractivity contribution in [2.24, 2.45) is 5.73 Å². The second-order valence-electron chi connectivity index (χ2n) is 3.52. The Morgan fingerprint density at radius 1 is 1.57 bits per heavy atom. The second kappa shape index (κ2) is 5.41. The number of thioether (sulfide) groups is 1. The fraction of sp³-hybridized carbons (Fsp3) is 0.700. The van der Waals surface area contributed by atoms with Gasteiger partial charge in [-0.2, -0.15) is 11.8 Å². The van der Waals surface area contributed by atoms with Gasteiger partial charge in [0.2, 0.25) is 0 Å². The molecule has 3 nitrogen and oxygen atoms in total. The van der Waals surface area contributed by atoms with Crippen molar-refractivity contribution in [3.8, 4) is 0 Å². The van der Waals surface area contributed by atoms with E-state index in [1.807, 2.05) is 31.2 Å². The van der Waals surface area contributed by atoms with Gasteiger partial charge in [-0.15, -0.1) is 0 Å². The second-order valence-corrected chi connectivity index (χ2v) is 4.84. The van der Waals surface area contributed by atoms with Crippen molar-refractivity contribution >= 4 is 11.8 Å². The maximum absolute atomic E-state index is 5.86. The number of rotatable bonds is 5. The molecule has 0 amide bonds. The Hall–Kier alpha value is -0.480. The zero-order valence-electron chi connectivity index (χ0n) is 9.10. The highest BCUT2D eigenvalue weighted by molar-refractivity contribution is 7.99. The standard InChI is InChI=1S/C10H19N3S/c1-4-14-6-8(2)13-7-12-5-10(13)9(3)11/h5,7-9H,4,6,11H2,1-3H3/t8?,9-/m1/s1. The van der Waals surface area contributed by atoms with Crippen LogP contribution in [0.15, 0.2) is 12.5 Å². The minimum atomic E-state index is 0.0616. The predicted molar refractivity (Wildman–Crippen MR) is 62.5 cm³/mol. The van der Waals surface area contributed by atoms with Gasteiger partial charge < -0.3 is 10.3 Å². The molecule has 0 saturated carbocycles. The van der Waals surface area contributed by atoms with Gasteiger partial charge in [0.05, 0.1) is 12.0 Å². The molecule has 14 heavy (non-hydrogen) atoms. The molecule has 0 fully saturated rings. The van der Waals surface area contributed by atoms with Crippen molar-refractivity contribution < 1.29 is 0 Å². The molecule has 0 aliphatic rings. The number of hydrogen-bond acceptors (Lipinski definition) is 3. The molecule has 0 aliphatic heterocycles. The Kier molecular flexibility index (Phi) is 4.48. The lowest BCUT2D eigenvalue weighted by Crippen LogP contribution is -2.16. The van der Waals surface area contributed by atoms with Gasteiger partial charge in [-0.1, -0.05) is 6.92 Å². The van der Waals surface area contributed by atoms with Gasteiger partial charge in [0, 0.05) is 24.0 Å². The third-order valence-electron chi connectivity index (χ3n) is 2.20. The van der Waals surface area contributed by atoms with Crippen molar-refractivity contribution in [2.75, 3.05) is 11.5 Å². The topological polar surface area (TPSA) is 43.8 Å². The van der Waals surface area contributed by atoms with Gasteiger partial charge in [0.1, 0.15) is 0 Å². The molecule has 0 aliphatic carbocycles. The van der Waals surface area contributed by atoms with Gasteiger partial charge in [-0.05, 0) is 19.6 Å². The van der Waals surface area contributed by atoms with Gasteiger partial charge in [-0.3, -0.25) is 0 Å². The van der Waals surface area contributed by atoms with E-state index in [4.69, 9.17) is 5.73 Å². The van der Waals surface area contributed by atoms with Crippen LogP contribution in [-0.2, 0) is 0 Å². The lowest BCUT2D eigenvalue weighted by atomic mass is 10.2. The van der Waals surface area contributed by atoms with Crippen LogP contribution < -0.4 is 5.73 Å². The van der Waals surface area contributed by atoms with Gasteiger partial charge in [0.25, 0.3) is 0 Å². The number of nitrogens with zero attached hydrogens (tertiary/aromatic N) is 2. The van der Waals surface area contributed by atoms with Crippen LogP contribution in [0.5, 0.6) is 0 Å². The van der Waals surface area contributed by atoms with Crippen molar-refractivity contribution in [3.05, 3.63) is 18.2 Å². The number of nitrogens with two attached hydrogens (primary N) is 1. The Balaban J connectivity index is 2.68. The summed E-state index contributed by atoms with van der Waals surface area (Å²) < 4.78 is 2.17. The first-order valence-electron chi connectivity index (χ1n) is 5.01. The van der Waals surface area contributed by atoms with E-state index in [9.17, 15) is 0 Å². The molecule has 1 aromatic rings. The van der Waals surface area contributed by atoms with Crippen LogP contribution in [0.25, 0.3) is 0 Å². The van der Waals surface area contributed by atoms with Gasteiger partial charge in [0.15, 0.2) is 0 Å². The summed E-state index contributed by atoms with van der Waals surface area (Å²) in [6.45, 7) is 6.38. The van der Waals surface area contributed by atoms with Crippen molar-refractivity contribution in [1.82, 2.24) is 9.55 Å². The smallest absolute Gasteiger partial charge is 0.0951 e. The molecule has 1 heterocycles. The molecule has 1 aromatic heterocycles. The van der Waals surface area contributed by atoms with E-state index < -0.39 is 0 Å². The van der Waals surface area contributed by atoms with Crippen LogP contribution in [0.2, 0.25) is 0 Å². The zero-order chi connectivity index (χ0) is 10.6. The SMILES string of the molecule is CCSCC(C)n1cncc1[C@@H](C)N. The summed E-state index contributed by atoms with van der Waals surface area (Å²) >= 11 is 1.95. The molecule has 0 bridgehead atoms. The minimum absolute atomic E-state index is 0.0616. The van der Waals surface area contributed by atoms with E-state index in [0.29, 0.717) is 6.04 Å². The molecule has 80 valence electrons. The van der Waals surface area contributed by atoms with Crippen LogP contribution in [0.4, 0.5) is 0 Å². The van der Waals surface area contributed by atoms with Gasteiger partial charge >= 0.3 is 0 Å². The quantitative estimate of drug-likeness (QED) is 0.815. The fourth-order valence-corrected chi connectivity index (χ4v) is 2.14. The first-order valence-corrected chi connectivity index (χ1v) is 6.17. The Bertz CT molecular complexity index is 270. The van der Waals surface area contributed by atoms with Crippen molar-refractivity contribution in [1.29, 1.82) is 0 Å². The molecule has 1 rings (SSSR count). The van der Waals surface area contributed by atoms with E-state index in [1.54, 1.807) is 0 Å². The summed E-state index contributed by atoms with van der Waals surface area (Å²) in [6, 6.07) is 0.537. The van der Waals surface area contributed by atoms with E-state index >= 15 is 0 Å². The molecular formula is C10H19N3S. The molecular weight excluding hydrogens is 194 g/mol. The Morgan fingerprint density at radius 3 is 2.86 bits per heavy atom. The maximum atomic E-state index is 5.86. The molecule has 0 aromatic carbocycles.